The Balaban J connectivity index is 1.44. The fourth-order valence-electron chi connectivity index (χ4n) is 3.66. The number of hydrogen-bond acceptors (Lipinski definition) is 5. The van der Waals surface area contributed by atoms with Crippen molar-refractivity contribution in [3.05, 3.63) is 36.4 Å². The van der Waals surface area contributed by atoms with Crippen molar-refractivity contribution in [2.24, 2.45) is 5.92 Å². The highest BCUT2D eigenvalue weighted by Gasteiger charge is 2.23. The van der Waals surface area contributed by atoms with Crippen molar-refractivity contribution in [3.8, 4) is 17.2 Å². The predicted molar refractivity (Wildman–Crippen MR) is 89.3 cm³/mol. The van der Waals surface area contributed by atoms with Gasteiger partial charge >= 0.3 is 0 Å². The first kappa shape index (κ1) is 15.3. The van der Waals surface area contributed by atoms with Crippen LogP contribution in [0.1, 0.15) is 18.4 Å². The molecule has 2 aliphatic heterocycles. The van der Waals surface area contributed by atoms with Gasteiger partial charge in [-0.1, -0.05) is 0 Å². The molecule has 0 radical (unpaired) electrons. The highest BCUT2D eigenvalue weighted by atomic mass is 16.7. The Bertz CT molecular complexity index is 687. The van der Waals surface area contributed by atoms with Gasteiger partial charge in [0.15, 0.2) is 11.5 Å². The summed E-state index contributed by atoms with van der Waals surface area (Å²) in [5, 5.41) is 0. The van der Waals surface area contributed by atoms with Gasteiger partial charge in [0, 0.05) is 43.7 Å². The lowest BCUT2D eigenvalue weighted by molar-refractivity contribution is 0.154. The van der Waals surface area contributed by atoms with Crippen LogP contribution in [-0.4, -0.2) is 41.4 Å². The first-order valence-electron chi connectivity index (χ1n) is 8.46. The van der Waals surface area contributed by atoms with Crippen LogP contribution in [-0.2, 0) is 13.1 Å². The van der Waals surface area contributed by atoms with Crippen LogP contribution in [0.25, 0.3) is 0 Å². The lowest BCUT2D eigenvalue weighted by atomic mass is 9.97. The van der Waals surface area contributed by atoms with E-state index in [1.807, 2.05) is 24.8 Å². The van der Waals surface area contributed by atoms with Gasteiger partial charge < -0.3 is 18.8 Å². The van der Waals surface area contributed by atoms with E-state index in [0.29, 0.717) is 12.7 Å². The number of imidazole rings is 1. The number of nitrogens with zero attached hydrogens (tertiary/aromatic N) is 3. The fraction of sp³-hybridized carbons (Fsp3) is 0.500. The number of ether oxygens (including phenoxy) is 3. The highest BCUT2D eigenvalue weighted by Crippen LogP contribution is 2.38. The van der Waals surface area contributed by atoms with Gasteiger partial charge in [0.25, 0.3) is 0 Å². The standard InChI is InChI=1S/C18H23N3O3/c1-22-16-8-18-17(23-13-24-18)7-15(16)11-20-5-2-3-14(9-20)10-21-6-4-19-12-21/h4,6-8,12,14H,2-3,5,9-11,13H2,1H3/t14-/m1/s1. The summed E-state index contributed by atoms with van der Waals surface area (Å²) in [4.78, 5) is 6.64. The Morgan fingerprint density at radius 1 is 1.29 bits per heavy atom. The number of fused-ring (bicyclic) bond motifs is 1. The van der Waals surface area contributed by atoms with Gasteiger partial charge in [-0.3, -0.25) is 4.90 Å². The van der Waals surface area contributed by atoms with Gasteiger partial charge in [-0.25, -0.2) is 4.98 Å². The Labute approximate surface area is 142 Å². The second kappa shape index (κ2) is 6.73. The zero-order chi connectivity index (χ0) is 16.4. The molecular formula is C18H23N3O3. The van der Waals surface area contributed by atoms with Crippen molar-refractivity contribution < 1.29 is 14.2 Å². The monoisotopic (exact) mass is 329 g/mol. The van der Waals surface area contributed by atoms with Gasteiger partial charge in [-0.15, -0.1) is 0 Å². The SMILES string of the molecule is COc1cc2c(cc1CN1CCC[C@@H](Cn3ccnc3)C1)OCO2. The van der Waals surface area contributed by atoms with Crippen LogP contribution in [0.2, 0.25) is 0 Å². The van der Waals surface area contributed by atoms with Crippen molar-refractivity contribution in [3.63, 3.8) is 0 Å². The minimum atomic E-state index is 0.290. The summed E-state index contributed by atoms with van der Waals surface area (Å²) in [6.45, 7) is 4.42. The smallest absolute Gasteiger partial charge is 0.231 e. The minimum absolute atomic E-state index is 0.290. The molecule has 6 heteroatoms. The Morgan fingerprint density at radius 2 is 2.17 bits per heavy atom. The quantitative estimate of drug-likeness (QED) is 0.844. The lowest BCUT2D eigenvalue weighted by Crippen LogP contribution is -2.36. The normalized spacial score (nSPS) is 20.3. The van der Waals surface area contributed by atoms with E-state index in [4.69, 9.17) is 14.2 Å². The predicted octanol–water partition coefficient (Wildman–Crippen LogP) is 2.53. The summed E-state index contributed by atoms with van der Waals surface area (Å²) in [5.41, 5.74) is 1.16. The minimum Gasteiger partial charge on any atom is -0.496 e. The first-order valence-corrected chi connectivity index (χ1v) is 8.46. The topological polar surface area (TPSA) is 48.8 Å². The number of hydrogen-bond donors (Lipinski definition) is 0. The Hall–Kier alpha value is -2.21. The molecule has 0 unspecified atom stereocenters. The van der Waals surface area contributed by atoms with E-state index in [1.165, 1.54) is 12.8 Å². The van der Waals surface area contributed by atoms with Gasteiger partial charge in [-0.2, -0.15) is 0 Å². The zero-order valence-corrected chi connectivity index (χ0v) is 14.0. The molecule has 0 aliphatic carbocycles. The second-order valence-corrected chi connectivity index (χ2v) is 6.52. The van der Waals surface area contributed by atoms with E-state index in [1.54, 1.807) is 7.11 Å². The van der Waals surface area contributed by atoms with Crippen molar-refractivity contribution in [1.82, 2.24) is 14.5 Å². The number of methoxy groups -OCH3 is 1. The molecule has 1 fully saturated rings. The van der Waals surface area contributed by atoms with E-state index in [2.05, 4.69) is 20.5 Å². The van der Waals surface area contributed by atoms with Crippen LogP contribution in [0.4, 0.5) is 0 Å². The third kappa shape index (κ3) is 3.19. The molecule has 6 nitrogen and oxygen atoms in total. The molecule has 128 valence electrons. The van der Waals surface area contributed by atoms with E-state index in [9.17, 15) is 0 Å². The van der Waals surface area contributed by atoms with Crippen LogP contribution >= 0.6 is 0 Å². The average Bonchev–Trinajstić information content (AvgIpc) is 3.25. The van der Waals surface area contributed by atoms with E-state index in [0.717, 1.165) is 49.0 Å². The lowest BCUT2D eigenvalue weighted by Gasteiger charge is -2.33. The highest BCUT2D eigenvalue weighted by molar-refractivity contribution is 5.51. The fourth-order valence-corrected chi connectivity index (χ4v) is 3.66. The maximum Gasteiger partial charge on any atom is 0.231 e. The molecule has 0 N–H and O–H groups in total. The van der Waals surface area contributed by atoms with Crippen molar-refractivity contribution in [1.29, 1.82) is 0 Å². The number of likely N-dealkylation sites (tertiary alicyclic amines) is 1. The molecule has 0 amide bonds. The van der Waals surface area contributed by atoms with Crippen LogP contribution in [0.3, 0.4) is 0 Å². The third-order valence-electron chi connectivity index (χ3n) is 4.80. The maximum absolute atomic E-state index is 5.55. The molecule has 2 aromatic rings. The summed E-state index contributed by atoms with van der Waals surface area (Å²) in [7, 11) is 1.71. The Kier molecular flexibility index (Phi) is 4.30. The molecule has 1 atom stereocenters. The number of piperidine rings is 1. The van der Waals surface area contributed by atoms with Crippen molar-refractivity contribution in [2.45, 2.75) is 25.9 Å². The Morgan fingerprint density at radius 3 is 2.96 bits per heavy atom. The summed E-state index contributed by atoms with van der Waals surface area (Å²) < 4.78 is 18.7. The molecule has 0 spiro atoms. The molecule has 0 bridgehead atoms. The molecule has 1 aromatic heterocycles. The average molecular weight is 329 g/mol. The largest absolute Gasteiger partial charge is 0.496 e. The summed E-state index contributed by atoms with van der Waals surface area (Å²) >= 11 is 0. The van der Waals surface area contributed by atoms with Crippen LogP contribution < -0.4 is 14.2 Å². The summed E-state index contributed by atoms with van der Waals surface area (Å²) in [6, 6.07) is 3.99. The molecule has 4 rings (SSSR count). The molecular weight excluding hydrogens is 306 g/mol. The number of aromatic nitrogens is 2. The van der Waals surface area contributed by atoms with Crippen LogP contribution in [0.5, 0.6) is 17.2 Å². The molecule has 2 aliphatic rings. The maximum atomic E-state index is 5.55. The summed E-state index contributed by atoms with van der Waals surface area (Å²) in [5.74, 6) is 3.12. The van der Waals surface area contributed by atoms with Gasteiger partial charge in [-0.05, 0) is 31.4 Å². The van der Waals surface area contributed by atoms with Crippen LogP contribution in [0.15, 0.2) is 30.9 Å². The zero-order valence-electron chi connectivity index (χ0n) is 14.0. The molecule has 1 aromatic carbocycles. The van der Waals surface area contributed by atoms with Crippen LogP contribution in [0, 0.1) is 5.92 Å². The van der Waals surface area contributed by atoms with Gasteiger partial charge in [0.2, 0.25) is 6.79 Å². The molecule has 0 saturated carbocycles. The van der Waals surface area contributed by atoms with Crippen molar-refractivity contribution >= 4 is 0 Å². The first-order chi connectivity index (χ1) is 11.8. The number of benzene rings is 1. The molecule has 1 saturated heterocycles. The third-order valence-corrected chi connectivity index (χ3v) is 4.80. The second-order valence-electron chi connectivity index (χ2n) is 6.52. The van der Waals surface area contributed by atoms with E-state index in [-0.39, 0.29) is 0 Å². The summed E-state index contributed by atoms with van der Waals surface area (Å²) in [6.07, 6.45) is 8.29. The number of rotatable bonds is 5. The van der Waals surface area contributed by atoms with Gasteiger partial charge in [0.1, 0.15) is 5.75 Å². The van der Waals surface area contributed by atoms with E-state index < -0.39 is 0 Å². The molecule has 3 heterocycles. The van der Waals surface area contributed by atoms with Gasteiger partial charge in [0.05, 0.1) is 13.4 Å². The van der Waals surface area contributed by atoms with Crippen molar-refractivity contribution in [2.75, 3.05) is 27.0 Å². The van der Waals surface area contributed by atoms with E-state index >= 15 is 0 Å². The molecule has 24 heavy (non-hydrogen) atoms.